The van der Waals surface area contributed by atoms with Crippen LogP contribution in [0.4, 0.5) is 0 Å². The monoisotopic (exact) mass is 190 g/mol. The van der Waals surface area contributed by atoms with E-state index in [0.717, 1.165) is 16.3 Å². The summed E-state index contributed by atoms with van der Waals surface area (Å²) < 4.78 is 0. The lowest BCUT2D eigenvalue weighted by Gasteiger charge is -2.36. The predicted octanol–water partition coefficient (Wildman–Crippen LogP) is 2.10. The second kappa shape index (κ2) is 3.58. The van der Waals surface area contributed by atoms with E-state index < -0.39 is 0 Å². The zero-order valence-corrected chi connectivity index (χ0v) is 8.16. The molecule has 1 saturated heterocycles. The lowest BCUT2D eigenvalue weighted by molar-refractivity contribution is 0.284. The Labute approximate surface area is 76.3 Å². The predicted molar refractivity (Wildman–Crippen MR) is 52.1 cm³/mol. The first-order valence-electron chi connectivity index (χ1n) is 4.31. The highest BCUT2D eigenvalue weighted by Gasteiger charge is 2.32. The van der Waals surface area contributed by atoms with Crippen LogP contribution in [0, 0.1) is 0 Å². The Morgan fingerprint density at radius 3 is 2.64 bits per heavy atom. The molecule has 0 spiro atoms. The highest BCUT2D eigenvalue weighted by molar-refractivity contribution is 8.07. The summed E-state index contributed by atoms with van der Waals surface area (Å²) in [5.41, 5.74) is -0.0839. The zero-order chi connectivity index (χ0) is 7.68. The molecule has 0 aromatic carbocycles. The van der Waals surface area contributed by atoms with E-state index in [1.165, 1.54) is 25.7 Å². The molecule has 2 rings (SSSR count). The maximum atomic E-state index is 9.39. The van der Waals surface area contributed by atoms with Crippen molar-refractivity contribution in [1.29, 1.82) is 0 Å². The molecule has 2 fully saturated rings. The fraction of sp³-hybridized carbons (Fsp3) is 1.00. The molecule has 0 bridgehead atoms. The highest BCUT2D eigenvalue weighted by atomic mass is 32.2. The molecule has 0 radical (unpaired) electrons. The first-order chi connectivity index (χ1) is 5.36. The normalized spacial score (nSPS) is 45.0. The molecule has 1 saturated carbocycles. The highest BCUT2D eigenvalue weighted by Crippen LogP contribution is 2.42. The molecule has 3 heteroatoms. The Balaban J connectivity index is 1.93. The molecule has 11 heavy (non-hydrogen) atoms. The molecule has 1 aliphatic carbocycles. The van der Waals surface area contributed by atoms with Crippen LogP contribution in [-0.4, -0.2) is 26.8 Å². The van der Waals surface area contributed by atoms with Gasteiger partial charge in [-0.1, -0.05) is 12.8 Å². The largest absolute Gasteiger partial charge is 0.382 e. The minimum atomic E-state index is -0.0839. The number of aliphatic hydroxyl groups excluding tert-OH is 1. The average Bonchev–Trinajstić information content (AvgIpc) is 2.04. The van der Waals surface area contributed by atoms with Crippen molar-refractivity contribution < 1.29 is 5.11 Å². The lowest BCUT2D eigenvalue weighted by atomic mass is 10.00. The van der Waals surface area contributed by atoms with Crippen molar-refractivity contribution in [1.82, 2.24) is 0 Å². The maximum Gasteiger partial charge on any atom is 0.109 e. The summed E-state index contributed by atoms with van der Waals surface area (Å²) in [7, 11) is 0. The van der Waals surface area contributed by atoms with Crippen molar-refractivity contribution in [2.45, 2.75) is 41.6 Å². The number of aliphatic hydroxyl groups is 1. The number of rotatable bonds is 0. The molecular formula is C8H14OS2. The summed E-state index contributed by atoms with van der Waals surface area (Å²) in [6, 6.07) is 0. The molecule has 0 amide bonds. The molecule has 3 atom stereocenters. The summed E-state index contributed by atoms with van der Waals surface area (Å²) in [6.45, 7) is 0. The van der Waals surface area contributed by atoms with E-state index in [2.05, 4.69) is 0 Å². The van der Waals surface area contributed by atoms with Crippen LogP contribution >= 0.6 is 23.5 Å². The third kappa shape index (κ3) is 1.87. The molecule has 1 nitrogen and oxygen atoms in total. The molecule has 1 N–H and O–H groups in total. The first kappa shape index (κ1) is 8.27. The van der Waals surface area contributed by atoms with Crippen molar-refractivity contribution in [2.24, 2.45) is 0 Å². The Hall–Kier alpha value is 0.660. The summed E-state index contributed by atoms with van der Waals surface area (Å²) in [4.78, 5) is 0. The van der Waals surface area contributed by atoms with Crippen LogP contribution in [0.5, 0.6) is 0 Å². The number of hydrogen-bond donors (Lipinski definition) is 1. The summed E-state index contributed by atoms with van der Waals surface area (Å²) in [5.74, 6) is 0.950. The van der Waals surface area contributed by atoms with Gasteiger partial charge >= 0.3 is 0 Å². The van der Waals surface area contributed by atoms with E-state index >= 15 is 0 Å². The van der Waals surface area contributed by atoms with Gasteiger partial charge in [0.2, 0.25) is 0 Å². The fourth-order valence-electron chi connectivity index (χ4n) is 1.86. The molecule has 0 aromatic heterocycles. The van der Waals surface area contributed by atoms with E-state index in [0.29, 0.717) is 0 Å². The van der Waals surface area contributed by atoms with E-state index in [4.69, 9.17) is 0 Å². The van der Waals surface area contributed by atoms with E-state index in [1.807, 2.05) is 11.8 Å². The van der Waals surface area contributed by atoms with E-state index in [-0.39, 0.29) is 5.44 Å². The standard InChI is InChI=1S/C8H14OS2/c9-8-5-10-6-3-1-2-4-7(6)11-8/h6-9H,1-5H2. The van der Waals surface area contributed by atoms with Crippen LogP contribution in [0.3, 0.4) is 0 Å². The third-order valence-corrected chi connectivity index (χ3v) is 5.71. The van der Waals surface area contributed by atoms with Crippen LogP contribution < -0.4 is 0 Å². The Morgan fingerprint density at radius 1 is 1.09 bits per heavy atom. The van der Waals surface area contributed by atoms with E-state index in [9.17, 15) is 5.11 Å². The maximum absolute atomic E-state index is 9.39. The van der Waals surface area contributed by atoms with Gasteiger partial charge in [-0.2, -0.15) is 11.8 Å². The Kier molecular flexibility index (Phi) is 2.69. The van der Waals surface area contributed by atoms with Crippen molar-refractivity contribution in [3.8, 4) is 0 Å². The van der Waals surface area contributed by atoms with Gasteiger partial charge in [0.05, 0.1) is 0 Å². The van der Waals surface area contributed by atoms with Gasteiger partial charge in [-0.25, -0.2) is 0 Å². The topological polar surface area (TPSA) is 20.2 Å². The third-order valence-electron chi connectivity index (χ3n) is 2.43. The summed E-state index contributed by atoms with van der Waals surface area (Å²) in [6.07, 6.45) is 5.50. The van der Waals surface area contributed by atoms with Gasteiger partial charge in [0.25, 0.3) is 0 Å². The second-order valence-corrected chi connectivity index (χ2v) is 5.98. The van der Waals surface area contributed by atoms with Crippen LogP contribution in [0.1, 0.15) is 25.7 Å². The van der Waals surface area contributed by atoms with Gasteiger partial charge in [-0.15, -0.1) is 11.8 Å². The van der Waals surface area contributed by atoms with Crippen LogP contribution in [0.2, 0.25) is 0 Å². The van der Waals surface area contributed by atoms with Crippen molar-refractivity contribution in [3.05, 3.63) is 0 Å². The van der Waals surface area contributed by atoms with Gasteiger partial charge in [0.1, 0.15) is 5.44 Å². The number of fused-ring (bicyclic) bond motifs is 1. The lowest BCUT2D eigenvalue weighted by Crippen LogP contribution is -2.32. The molecule has 1 aliphatic heterocycles. The molecular weight excluding hydrogens is 176 g/mol. The van der Waals surface area contributed by atoms with Crippen LogP contribution in [0.25, 0.3) is 0 Å². The van der Waals surface area contributed by atoms with Gasteiger partial charge in [0, 0.05) is 16.3 Å². The molecule has 64 valence electrons. The fourth-order valence-corrected chi connectivity index (χ4v) is 4.95. The molecule has 0 aromatic rings. The summed E-state index contributed by atoms with van der Waals surface area (Å²) in [5, 5.41) is 11.0. The Morgan fingerprint density at radius 2 is 1.82 bits per heavy atom. The SMILES string of the molecule is OC1CSC2CCCCC2S1. The molecule has 1 heterocycles. The van der Waals surface area contributed by atoms with E-state index in [1.54, 1.807) is 11.8 Å². The molecule has 2 aliphatic rings. The number of thioether (sulfide) groups is 2. The first-order valence-corrected chi connectivity index (χ1v) is 6.30. The molecule has 3 unspecified atom stereocenters. The van der Waals surface area contributed by atoms with Gasteiger partial charge in [-0.3, -0.25) is 0 Å². The van der Waals surface area contributed by atoms with Crippen LogP contribution in [-0.2, 0) is 0 Å². The minimum absolute atomic E-state index is 0.0839. The van der Waals surface area contributed by atoms with Crippen molar-refractivity contribution in [3.63, 3.8) is 0 Å². The van der Waals surface area contributed by atoms with Gasteiger partial charge in [0.15, 0.2) is 0 Å². The second-order valence-electron chi connectivity index (χ2n) is 3.29. The summed E-state index contributed by atoms with van der Waals surface area (Å²) >= 11 is 3.79. The van der Waals surface area contributed by atoms with Crippen molar-refractivity contribution in [2.75, 3.05) is 5.75 Å². The quantitative estimate of drug-likeness (QED) is 0.631. The zero-order valence-electron chi connectivity index (χ0n) is 6.53. The van der Waals surface area contributed by atoms with Gasteiger partial charge < -0.3 is 5.11 Å². The van der Waals surface area contributed by atoms with Gasteiger partial charge in [-0.05, 0) is 12.8 Å². The van der Waals surface area contributed by atoms with Crippen LogP contribution in [0.15, 0.2) is 0 Å². The average molecular weight is 190 g/mol. The number of hydrogen-bond acceptors (Lipinski definition) is 3. The van der Waals surface area contributed by atoms with Crippen molar-refractivity contribution >= 4 is 23.5 Å². The Bertz CT molecular complexity index is 140. The smallest absolute Gasteiger partial charge is 0.109 e. The minimum Gasteiger partial charge on any atom is -0.382 e.